The second-order valence-corrected chi connectivity index (χ2v) is 0.737. The van der Waals surface area contributed by atoms with E-state index in [0.717, 1.165) is 0 Å². The first kappa shape index (κ1) is 5.21. The minimum absolute atomic E-state index is 1.58. The third kappa shape index (κ3) is 3.21. The zero-order valence-corrected chi connectivity index (χ0v) is 3.81. The first-order chi connectivity index (χ1) is 2.91. The van der Waals surface area contributed by atoms with E-state index in [0.29, 0.717) is 0 Å². The van der Waals surface area contributed by atoms with Gasteiger partial charge in [0.1, 0.15) is 0 Å². The summed E-state index contributed by atoms with van der Waals surface area (Å²) in [7, 11) is 1.74. The molecule has 0 aromatic heterocycles. The molecule has 0 aromatic rings. The zero-order chi connectivity index (χ0) is 4.83. The normalized spacial score (nSPS) is 8.83. The Morgan fingerprint density at radius 1 is 1.83 bits per heavy atom. The van der Waals surface area contributed by atoms with Gasteiger partial charge in [-0.25, -0.2) is 0 Å². The minimum atomic E-state index is 1.58. The van der Waals surface area contributed by atoms with Gasteiger partial charge in [0.15, 0.2) is 0 Å². The van der Waals surface area contributed by atoms with Crippen LogP contribution in [0, 0.1) is 0 Å². The van der Waals surface area contributed by atoms with Crippen LogP contribution < -0.4 is 5.43 Å². The van der Waals surface area contributed by atoms with Crippen LogP contribution in [0.4, 0.5) is 0 Å². The Morgan fingerprint density at radius 2 is 2.50 bits per heavy atom. The van der Waals surface area contributed by atoms with Crippen molar-refractivity contribution in [1.82, 2.24) is 5.43 Å². The summed E-state index contributed by atoms with van der Waals surface area (Å²) in [5.41, 5.74) is 2.57. The summed E-state index contributed by atoms with van der Waals surface area (Å²) in [6.45, 7) is 3.41. The van der Waals surface area contributed by atoms with Crippen LogP contribution in [0.15, 0.2) is 17.8 Å². The Bertz CT molecular complexity index is 56.6. The summed E-state index contributed by atoms with van der Waals surface area (Å²) in [5, 5.41) is 3.60. The average molecular weight is 84.1 g/mol. The maximum absolute atomic E-state index is 3.60. The minimum Gasteiger partial charge on any atom is -0.313 e. The molecule has 1 N–H and O–H groups in total. The van der Waals surface area contributed by atoms with Gasteiger partial charge in [-0.1, -0.05) is 6.58 Å². The Morgan fingerprint density at radius 3 is 2.67 bits per heavy atom. The van der Waals surface area contributed by atoms with E-state index in [-0.39, 0.29) is 0 Å². The van der Waals surface area contributed by atoms with Crippen LogP contribution in [0.2, 0.25) is 0 Å². The molecule has 0 aliphatic carbocycles. The molecule has 0 fully saturated rings. The van der Waals surface area contributed by atoms with E-state index in [2.05, 4.69) is 17.1 Å². The van der Waals surface area contributed by atoms with E-state index in [1.165, 1.54) is 0 Å². The molecule has 0 aliphatic heterocycles. The van der Waals surface area contributed by atoms with Crippen molar-refractivity contribution in [2.45, 2.75) is 0 Å². The molecule has 2 nitrogen and oxygen atoms in total. The molecule has 0 rings (SSSR count). The highest BCUT2D eigenvalue weighted by Gasteiger charge is 1.49. The Hall–Kier alpha value is -0.790. The fraction of sp³-hybridized carbons (Fsp3) is 0.250. The molecule has 0 heterocycles. The van der Waals surface area contributed by atoms with Gasteiger partial charge in [-0.15, -0.1) is 0 Å². The van der Waals surface area contributed by atoms with Gasteiger partial charge in [-0.3, -0.25) is 0 Å². The molecule has 0 unspecified atom stereocenters. The first-order valence-electron chi connectivity index (χ1n) is 1.72. The van der Waals surface area contributed by atoms with Gasteiger partial charge >= 0.3 is 0 Å². The Balaban J connectivity index is 2.94. The molecule has 2 heteroatoms. The molecule has 0 spiro atoms. The molecule has 0 atom stereocenters. The van der Waals surface area contributed by atoms with Crippen molar-refractivity contribution in [2.24, 2.45) is 5.10 Å². The van der Waals surface area contributed by atoms with Gasteiger partial charge in [0.05, 0.1) is 0 Å². The lowest BCUT2D eigenvalue weighted by molar-refractivity contribution is 0.909. The van der Waals surface area contributed by atoms with Gasteiger partial charge in [0.25, 0.3) is 0 Å². The highest BCUT2D eigenvalue weighted by molar-refractivity contribution is 5.69. The largest absolute Gasteiger partial charge is 0.313 e. The predicted octanol–water partition coefficient (Wildman–Crippen LogP) is 0.378. The van der Waals surface area contributed by atoms with Gasteiger partial charge in [-0.05, 0) is 6.08 Å². The van der Waals surface area contributed by atoms with Crippen LogP contribution in [0.3, 0.4) is 0 Å². The van der Waals surface area contributed by atoms with Crippen LogP contribution in [-0.2, 0) is 0 Å². The summed E-state index contributed by atoms with van der Waals surface area (Å²) in [6, 6.07) is 0. The molecular formula is C4H8N2. The summed E-state index contributed by atoms with van der Waals surface area (Å²) in [5.74, 6) is 0. The summed E-state index contributed by atoms with van der Waals surface area (Å²) in [4.78, 5) is 0. The smallest absolute Gasteiger partial charge is 0.0462 e. The lowest BCUT2D eigenvalue weighted by Crippen LogP contribution is -1.91. The van der Waals surface area contributed by atoms with Crippen molar-refractivity contribution in [3.05, 3.63) is 12.7 Å². The summed E-state index contributed by atoms with van der Waals surface area (Å²) in [6.07, 6.45) is 3.19. The molecular weight excluding hydrogens is 76.1 g/mol. The van der Waals surface area contributed by atoms with E-state index in [1.807, 2.05) is 0 Å². The fourth-order valence-electron chi connectivity index (χ4n) is 0.127. The number of nitrogens with one attached hydrogen (secondary N) is 1. The molecule has 0 amide bonds. The SMILES string of the molecule is C=C/C=N\NC. The Kier molecular flexibility index (Phi) is 3.66. The van der Waals surface area contributed by atoms with Crippen molar-refractivity contribution >= 4 is 6.21 Å². The second-order valence-electron chi connectivity index (χ2n) is 0.737. The number of nitrogens with zero attached hydrogens (tertiary/aromatic N) is 1. The summed E-state index contributed by atoms with van der Waals surface area (Å²) >= 11 is 0. The highest BCUT2D eigenvalue weighted by Crippen LogP contribution is 1.49. The van der Waals surface area contributed by atoms with Gasteiger partial charge < -0.3 is 5.43 Å². The van der Waals surface area contributed by atoms with Crippen molar-refractivity contribution in [2.75, 3.05) is 7.05 Å². The number of allylic oxidation sites excluding steroid dienone is 1. The van der Waals surface area contributed by atoms with Crippen LogP contribution in [0.1, 0.15) is 0 Å². The van der Waals surface area contributed by atoms with Gasteiger partial charge in [0, 0.05) is 13.3 Å². The number of hydrazone groups is 1. The molecule has 0 saturated heterocycles. The molecule has 0 radical (unpaired) electrons. The van der Waals surface area contributed by atoms with Crippen LogP contribution in [0.25, 0.3) is 0 Å². The topological polar surface area (TPSA) is 24.4 Å². The van der Waals surface area contributed by atoms with E-state index in [9.17, 15) is 0 Å². The summed E-state index contributed by atoms with van der Waals surface area (Å²) < 4.78 is 0. The maximum atomic E-state index is 3.60. The van der Waals surface area contributed by atoms with Gasteiger partial charge in [0.2, 0.25) is 0 Å². The third-order valence-corrected chi connectivity index (χ3v) is 0.309. The molecule has 0 bridgehead atoms. The van der Waals surface area contributed by atoms with Crippen LogP contribution in [0.5, 0.6) is 0 Å². The molecule has 34 valence electrons. The lowest BCUT2D eigenvalue weighted by atomic mass is 10.7. The second kappa shape index (κ2) is 4.21. The highest BCUT2D eigenvalue weighted by atomic mass is 15.3. The maximum Gasteiger partial charge on any atom is 0.0462 e. The van der Waals surface area contributed by atoms with Crippen molar-refractivity contribution in [3.8, 4) is 0 Å². The standard InChI is InChI=1S/C4H8N2/c1-3-4-6-5-2/h3-5H,1H2,2H3/b6-4-. The molecule has 0 saturated carbocycles. The quantitative estimate of drug-likeness (QED) is 0.379. The van der Waals surface area contributed by atoms with Crippen molar-refractivity contribution in [1.29, 1.82) is 0 Å². The van der Waals surface area contributed by atoms with Crippen molar-refractivity contribution in [3.63, 3.8) is 0 Å². The molecule has 0 aromatic carbocycles. The van der Waals surface area contributed by atoms with Crippen LogP contribution in [-0.4, -0.2) is 13.3 Å². The lowest BCUT2D eigenvalue weighted by Gasteiger charge is -1.76. The number of hydrogen-bond donors (Lipinski definition) is 1. The molecule has 6 heavy (non-hydrogen) atoms. The Labute approximate surface area is 37.6 Å². The van der Waals surface area contributed by atoms with Gasteiger partial charge in [-0.2, -0.15) is 5.10 Å². The van der Waals surface area contributed by atoms with E-state index in [1.54, 1.807) is 19.3 Å². The number of rotatable bonds is 2. The fourth-order valence-corrected chi connectivity index (χ4v) is 0.127. The average Bonchev–Trinajstić information content (AvgIpc) is 1.61. The predicted molar refractivity (Wildman–Crippen MR) is 27.7 cm³/mol. The van der Waals surface area contributed by atoms with E-state index in [4.69, 9.17) is 0 Å². The van der Waals surface area contributed by atoms with E-state index >= 15 is 0 Å². The first-order valence-corrected chi connectivity index (χ1v) is 1.72. The zero-order valence-electron chi connectivity index (χ0n) is 3.81. The van der Waals surface area contributed by atoms with E-state index < -0.39 is 0 Å². The number of hydrogen-bond acceptors (Lipinski definition) is 2. The van der Waals surface area contributed by atoms with Crippen molar-refractivity contribution < 1.29 is 0 Å². The third-order valence-electron chi connectivity index (χ3n) is 0.309. The monoisotopic (exact) mass is 84.1 g/mol. The van der Waals surface area contributed by atoms with Crippen LogP contribution >= 0.6 is 0 Å². The molecule has 0 aliphatic rings.